The zero-order valence-corrected chi connectivity index (χ0v) is 15.3. The summed E-state index contributed by atoms with van der Waals surface area (Å²) >= 11 is 0. The standard InChI is InChI=1S/C21H17N3O4/c1-12-16-5-3-4-6-18(16)27-19(12)21(26)24-15-9-7-14(8-10-15)23-20(25)17-11-22-28-13(17)2/h3-11H,1-2H3,(H,23,25)(H,24,26). The van der Waals surface area contributed by atoms with E-state index in [-0.39, 0.29) is 17.6 Å². The third-order valence-corrected chi connectivity index (χ3v) is 4.45. The summed E-state index contributed by atoms with van der Waals surface area (Å²) in [6.07, 6.45) is 1.37. The van der Waals surface area contributed by atoms with E-state index in [9.17, 15) is 9.59 Å². The van der Waals surface area contributed by atoms with Gasteiger partial charge in [-0.15, -0.1) is 0 Å². The average molecular weight is 375 g/mol. The zero-order valence-electron chi connectivity index (χ0n) is 15.3. The molecule has 0 aliphatic carbocycles. The number of rotatable bonds is 4. The second kappa shape index (κ2) is 7.03. The highest BCUT2D eigenvalue weighted by atomic mass is 16.5. The van der Waals surface area contributed by atoms with E-state index in [0.717, 1.165) is 10.9 Å². The molecular formula is C21H17N3O4. The third-order valence-electron chi connectivity index (χ3n) is 4.45. The van der Waals surface area contributed by atoms with Crippen LogP contribution in [0.2, 0.25) is 0 Å². The third kappa shape index (κ3) is 3.25. The molecule has 0 bridgehead atoms. The maximum Gasteiger partial charge on any atom is 0.291 e. The lowest BCUT2D eigenvalue weighted by Crippen LogP contribution is -2.13. The van der Waals surface area contributed by atoms with Gasteiger partial charge in [0.2, 0.25) is 0 Å². The first-order valence-electron chi connectivity index (χ1n) is 8.65. The van der Waals surface area contributed by atoms with Crippen molar-refractivity contribution in [1.29, 1.82) is 0 Å². The number of aryl methyl sites for hydroxylation is 2. The second-order valence-electron chi connectivity index (χ2n) is 6.33. The Hall–Kier alpha value is -3.87. The van der Waals surface area contributed by atoms with Gasteiger partial charge in [-0.3, -0.25) is 9.59 Å². The molecule has 2 amide bonds. The van der Waals surface area contributed by atoms with E-state index in [1.54, 1.807) is 31.2 Å². The predicted molar refractivity (Wildman–Crippen MR) is 105 cm³/mol. The number of benzene rings is 2. The van der Waals surface area contributed by atoms with Gasteiger partial charge < -0.3 is 19.6 Å². The first-order chi connectivity index (χ1) is 13.5. The zero-order chi connectivity index (χ0) is 19.7. The van der Waals surface area contributed by atoms with Crippen LogP contribution in [0.3, 0.4) is 0 Å². The number of hydrogen-bond acceptors (Lipinski definition) is 5. The lowest BCUT2D eigenvalue weighted by atomic mass is 10.1. The number of aromatic nitrogens is 1. The number of nitrogens with zero attached hydrogens (tertiary/aromatic N) is 1. The highest BCUT2D eigenvalue weighted by Crippen LogP contribution is 2.26. The van der Waals surface area contributed by atoms with E-state index in [0.29, 0.717) is 28.3 Å². The first-order valence-corrected chi connectivity index (χ1v) is 8.65. The molecule has 7 heteroatoms. The van der Waals surface area contributed by atoms with Crippen LogP contribution in [0.15, 0.2) is 63.7 Å². The van der Waals surface area contributed by atoms with E-state index in [1.807, 2.05) is 31.2 Å². The smallest absolute Gasteiger partial charge is 0.291 e. The first kappa shape index (κ1) is 17.5. The van der Waals surface area contributed by atoms with Crippen LogP contribution < -0.4 is 10.6 Å². The van der Waals surface area contributed by atoms with Gasteiger partial charge in [-0.2, -0.15) is 0 Å². The van der Waals surface area contributed by atoms with Crippen molar-refractivity contribution in [1.82, 2.24) is 5.16 Å². The largest absolute Gasteiger partial charge is 0.451 e. The number of carbonyl (C=O) groups is 2. The Morgan fingerprint density at radius 3 is 2.14 bits per heavy atom. The molecule has 0 atom stereocenters. The molecule has 140 valence electrons. The van der Waals surface area contributed by atoms with E-state index >= 15 is 0 Å². The number of para-hydroxylation sites is 1. The van der Waals surface area contributed by atoms with Crippen LogP contribution in [0.5, 0.6) is 0 Å². The van der Waals surface area contributed by atoms with Crippen molar-refractivity contribution in [2.45, 2.75) is 13.8 Å². The predicted octanol–water partition coefficient (Wildman–Crippen LogP) is 4.54. The fourth-order valence-electron chi connectivity index (χ4n) is 2.93. The summed E-state index contributed by atoms with van der Waals surface area (Å²) in [5.74, 6) is 0.0862. The average Bonchev–Trinajstić information content (AvgIpc) is 3.27. The van der Waals surface area contributed by atoms with Crippen molar-refractivity contribution in [3.63, 3.8) is 0 Å². The number of nitrogens with one attached hydrogen (secondary N) is 2. The van der Waals surface area contributed by atoms with Crippen LogP contribution in [0.1, 0.15) is 32.2 Å². The second-order valence-corrected chi connectivity index (χ2v) is 6.33. The highest BCUT2D eigenvalue weighted by molar-refractivity contribution is 6.07. The molecule has 0 radical (unpaired) electrons. The molecule has 4 aromatic rings. The van der Waals surface area contributed by atoms with Gasteiger partial charge in [-0.25, -0.2) is 0 Å². The molecular weight excluding hydrogens is 358 g/mol. The van der Waals surface area contributed by atoms with Crippen LogP contribution in [-0.2, 0) is 0 Å². The summed E-state index contributed by atoms with van der Waals surface area (Å²) < 4.78 is 10.6. The number of hydrogen-bond donors (Lipinski definition) is 2. The quantitative estimate of drug-likeness (QED) is 0.546. The highest BCUT2D eigenvalue weighted by Gasteiger charge is 2.18. The monoisotopic (exact) mass is 375 g/mol. The lowest BCUT2D eigenvalue weighted by Gasteiger charge is -2.07. The van der Waals surface area contributed by atoms with Gasteiger partial charge in [0.25, 0.3) is 11.8 Å². The van der Waals surface area contributed by atoms with Crippen molar-refractivity contribution >= 4 is 34.2 Å². The summed E-state index contributed by atoms with van der Waals surface area (Å²) in [5, 5.41) is 10.1. The Bertz CT molecular complexity index is 1170. The molecule has 7 nitrogen and oxygen atoms in total. The number of furan rings is 1. The van der Waals surface area contributed by atoms with Gasteiger partial charge in [-0.1, -0.05) is 23.4 Å². The van der Waals surface area contributed by atoms with Crippen molar-refractivity contribution in [2.75, 3.05) is 10.6 Å². The van der Waals surface area contributed by atoms with Crippen LogP contribution in [0.25, 0.3) is 11.0 Å². The molecule has 2 aromatic carbocycles. The maximum absolute atomic E-state index is 12.6. The van der Waals surface area contributed by atoms with Crippen LogP contribution in [0.4, 0.5) is 11.4 Å². The van der Waals surface area contributed by atoms with E-state index in [4.69, 9.17) is 8.94 Å². The fraction of sp³-hybridized carbons (Fsp3) is 0.0952. The minimum atomic E-state index is -0.328. The van der Waals surface area contributed by atoms with E-state index in [2.05, 4.69) is 15.8 Å². The molecule has 0 saturated carbocycles. The lowest BCUT2D eigenvalue weighted by molar-refractivity contribution is 0.0995. The molecule has 0 spiro atoms. The molecule has 0 unspecified atom stereocenters. The van der Waals surface area contributed by atoms with Crippen molar-refractivity contribution in [2.24, 2.45) is 0 Å². The Morgan fingerprint density at radius 1 is 0.893 bits per heavy atom. The van der Waals surface area contributed by atoms with Crippen molar-refractivity contribution in [3.05, 3.63) is 77.4 Å². The van der Waals surface area contributed by atoms with Gasteiger partial charge in [0.1, 0.15) is 16.9 Å². The molecule has 28 heavy (non-hydrogen) atoms. The normalized spacial score (nSPS) is 10.8. The summed E-state index contributed by atoms with van der Waals surface area (Å²) in [7, 11) is 0. The fourth-order valence-corrected chi connectivity index (χ4v) is 2.93. The Labute approximate surface area is 160 Å². The van der Waals surface area contributed by atoms with E-state index < -0.39 is 0 Å². The van der Waals surface area contributed by atoms with Crippen LogP contribution in [0, 0.1) is 13.8 Å². The summed E-state index contributed by atoms with van der Waals surface area (Å²) in [6, 6.07) is 14.3. The SMILES string of the molecule is Cc1oncc1C(=O)Nc1ccc(NC(=O)c2oc3ccccc3c2C)cc1. The molecule has 0 saturated heterocycles. The minimum Gasteiger partial charge on any atom is -0.451 e. The maximum atomic E-state index is 12.6. The molecule has 2 N–H and O–H groups in total. The van der Waals surface area contributed by atoms with Gasteiger partial charge in [0.05, 0.1) is 6.20 Å². The molecule has 0 aliphatic heterocycles. The molecule has 0 fully saturated rings. The van der Waals surface area contributed by atoms with Gasteiger partial charge in [0.15, 0.2) is 5.76 Å². The summed E-state index contributed by atoms with van der Waals surface area (Å²) in [5.41, 5.74) is 3.01. The molecule has 4 rings (SSSR count). The topological polar surface area (TPSA) is 97.4 Å². The van der Waals surface area contributed by atoms with Crippen molar-refractivity contribution < 1.29 is 18.5 Å². The van der Waals surface area contributed by atoms with Gasteiger partial charge in [-0.05, 0) is 44.2 Å². The Balaban J connectivity index is 1.46. The summed E-state index contributed by atoms with van der Waals surface area (Å²) in [4.78, 5) is 24.7. The molecule has 0 aliphatic rings. The van der Waals surface area contributed by atoms with Gasteiger partial charge >= 0.3 is 0 Å². The molecule has 2 heterocycles. The van der Waals surface area contributed by atoms with Gasteiger partial charge in [0, 0.05) is 22.3 Å². The van der Waals surface area contributed by atoms with Crippen LogP contribution in [-0.4, -0.2) is 17.0 Å². The van der Waals surface area contributed by atoms with Crippen LogP contribution >= 0.6 is 0 Å². The Morgan fingerprint density at radius 2 is 1.54 bits per heavy atom. The minimum absolute atomic E-state index is 0.279. The van der Waals surface area contributed by atoms with Crippen molar-refractivity contribution in [3.8, 4) is 0 Å². The number of carbonyl (C=O) groups excluding carboxylic acids is 2. The summed E-state index contributed by atoms with van der Waals surface area (Å²) in [6.45, 7) is 3.52. The number of fused-ring (bicyclic) bond motifs is 1. The number of amides is 2. The van der Waals surface area contributed by atoms with E-state index in [1.165, 1.54) is 6.20 Å². The molecule has 2 aromatic heterocycles. The Kier molecular flexibility index (Phi) is 4.41. The number of anilines is 2.